The van der Waals surface area contributed by atoms with Crippen molar-refractivity contribution in [2.45, 2.75) is 18.7 Å². The molecule has 0 aliphatic rings. The van der Waals surface area contributed by atoms with Crippen molar-refractivity contribution in [3.8, 4) is 0 Å². The third kappa shape index (κ3) is 3.31. The van der Waals surface area contributed by atoms with E-state index in [1.807, 2.05) is 24.3 Å². The molecule has 14 heavy (non-hydrogen) atoms. The van der Waals surface area contributed by atoms with Gasteiger partial charge in [0.15, 0.2) is 0 Å². The molecule has 1 rings (SSSR count). The van der Waals surface area contributed by atoms with Gasteiger partial charge in [0.1, 0.15) is 0 Å². The van der Waals surface area contributed by atoms with Crippen LogP contribution in [0.2, 0.25) is 0 Å². The maximum absolute atomic E-state index is 8.50. The predicted octanol–water partition coefficient (Wildman–Crippen LogP) is 3.97. The van der Waals surface area contributed by atoms with Gasteiger partial charge < -0.3 is 5.21 Å². The summed E-state index contributed by atoms with van der Waals surface area (Å²) in [5.41, 5.74) is 1.66. The maximum Gasteiger partial charge on any atom is 0.0638 e. The first-order valence-electron chi connectivity index (χ1n) is 4.20. The Labute approximate surface area is 96.7 Å². The van der Waals surface area contributed by atoms with Crippen molar-refractivity contribution >= 4 is 33.2 Å². The normalized spacial score (nSPS) is 14.1. The molecular weight excluding hydrogens is 265 g/mol. The van der Waals surface area contributed by atoms with Gasteiger partial charge in [-0.15, -0.1) is 11.6 Å². The quantitative estimate of drug-likeness (QED) is 0.385. The van der Waals surface area contributed by atoms with Gasteiger partial charge >= 0.3 is 0 Å². The van der Waals surface area contributed by atoms with E-state index in [9.17, 15) is 0 Å². The van der Waals surface area contributed by atoms with Gasteiger partial charge in [-0.2, -0.15) is 0 Å². The summed E-state index contributed by atoms with van der Waals surface area (Å²) >= 11 is 9.48. The molecule has 0 fully saturated rings. The predicted molar refractivity (Wildman–Crippen MR) is 62.2 cm³/mol. The molecule has 0 spiro atoms. The molecule has 0 aliphatic carbocycles. The lowest BCUT2D eigenvalue weighted by molar-refractivity contribution is 0.317. The molecule has 0 radical (unpaired) electrons. The summed E-state index contributed by atoms with van der Waals surface area (Å²) < 4.78 is 1.03. The Kier molecular flexibility index (Phi) is 4.42. The average Bonchev–Trinajstić information content (AvgIpc) is 2.18. The number of alkyl halides is 1. The number of rotatable bonds is 3. The fourth-order valence-corrected chi connectivity index (χ4v) is 1.72. The van der Waals surface area contributed by atoms with E-state index in [0.717, 1.165) is 10.0 Å². The van der Waals surface area contributed by atoms with Gasteiger partial charge in [-0.3, -0.25) is 0 Å². The zero-order valence-electron chi connectivity index (χ0n) is 7.74. The Bertz CT molecular complexity index is 323. The van der Waals surface area contributed by atoms with Crippen molar-refractivity contribution in [1.29, 1.82) is 0 Å². The van der Waals surface area contributed by atoms with Crippen LogP contribution in [-0.2, 0) is 0 Å². The molecule has 0 amide bonds. The SMILES string of the molecule is CC(CC(Cl)c1ccc(Br)cc1)=NO. The first kappa shape index (κ1) is 11.5. The Morgan fingerprint density at radius 3 is 2.57 bits per heavy atom. The smallest absolute Gasteiger partial charge is 0.0638 e. The molecule has 1 aromatic carbocycles. The number of nitrogens with zero attached hydrogens (tertiary/aromatic N) is 1. The highest BCUT2D eigenvalue weighted by atomic mass is 79.9. The monoisotopic (exact) mass is 275 g/mol. The number of hydrogen-bond donors (Lipinski definition) is 1. The van der Waals surface area contributed by atoms with E-state index in [1.165, 1.54) is 0 Å². The number of hydrogen-bond acceptors (Lipinski definition) is 2. The Hall–Kier alpha value is -0.540. The summed E-state index contributed by atoms with van der Waals surface area (Å²) in [5, 5.41) is 11.5. The highest BCUT2D eigenvalue weighted by Gasteiger charge is 2.09. The first-order chi connectivity index (χ1) is 6.63. The first-order valence-corrected chi connectivity index (χ1v) is 5.43. The van der Waals surface area contributed by atoms with Crippen LogP contribution in [0.3, 0.4) is 0 Å². The van der Waals surface area contributed by atoms with Crippen LogP contribution < -0.4 is 0 Å². The van der Waals surface area contributed by atoms with E-state index in [1.54, 1.807) is 6.92 Å². The van der Waals surface area contributed by atoms with Crippen molar-refractivity contribution in [2.75, 3.05) is 0 Å². The van der Waals surface area contributed by atoms with Crippen LogP contribution in [-0.4, -0.2) is 10.9 Å². The van der Waals surface area contributed by atoms with Crippen LogP contribution in [0, 0.1) is 0 Å². The van der Waals surface area contributed by atoms with Gasteiger partial charge in [0.25, 0.3) is 0 Å². The van der Waals surface area contributed by atoms with Gasteiger partial charge in [-0.1, -0.05) is 33.2 Å². The number of benzene rings is 1. The van der Waals surface area contributed by atoms with Crippen molar-refractivity contribution in [3.05, 3.63) is 34.3 Å². The highest BCUT2D eigenvalue weighted by Crippen LogP contribution is 2.25. The number of halogens is 2. The molecule has 0 aliphatic heterocycles. The molecule has 1 unspecified atom stereocenters. The van der Waals surface area contributed by atoms with Crippen LogP contribution in [0.25, 0.3) is 0 Å². The molecule has 1 N–H and O–H groups in total. The standard InChI is InChI=1S/C10H11BrClNO/c1-7(13-14)6-10(12)8-2-4-9(11)5-3-8/h2-5,10,14H,6H2,1H3. The Morgan fingerprint density at radius 1 is 1.50 bits per heavy atom. The zero-order chi connectivity index (χ0) is 10.6. The molecule has 0 aromatic heterocycles. The van der Waals surface area contributed by atoms with Crippen molar-refractivity contribution in [2.24, 2.45) is 5.16 Å². The zero-order valence-corrected chi connectivity index (χ0v) is 10.1. The minimum atomic E-state index is -0.140. The molecule has 0 bridgehead atoms. The molecule has 0 saturated heterocycles. The topological polar surface area (TPSA) is 32.6 Å². The van der Waals surface area contributed by atoms with E-state index < -0.39 is 0 Å². The second-order valence-corrected chi connectivity index (χ2v) is 4.50. The number of oxime groups is 1. The average molecular weight is 277 g/mol. The Morgan fingerprint density at radius 2 is 2.07 bits per heavy atom. The minimum Gasteiger partial charge on any atom is -0.411 e. The van der Waals surface area contributed by atoms with Crippen molar-refractivity contribution in [1.82, 2.24) is 0 Å². The lowest BCUT2D eigenvalue weighted by Gasteiger charge is -2.08. The molecule has 76 valence electrons. The van der Waals surface area contributed by atoms with Gasteiger partial charge in [-0.25, -0.2) is 0 Å². The highest BCUT2D eigenvalue weighted by molar-refractivity contribution is 9.10. The fourth-order valence-electron chi connectivity index (χ4n) is 1.09. The largest absolute Gasteiger partial charge is 0.411 e. The van der Waals surface area contributed by atoms with E-state index in [0.29, 0.717) is 12.1 Å². The third-order valence-corrected chi connectivity index (χ3v) is 2.81. The van der Waals surface area contributed by atoms with E-state index in [4.69, 9.17) is 16.8 Å². The summed E-state index contributed by atoms with van der Waals surface area (Å²) in [6.07, 6.45) is 0.555. The molecule has 2 nitrogen and oxygen atoms in total. The summed E-state index contributed by atoms with van der Waals surface area (Å²) in [5.74, 6) is 0. The molecule has 1 aromatic rings. The van der Waals surface area contributed by atoms with Crippen LogP contribution >= 0.6 is 27.5 Å². The van der Waals surface area contributed by atoms with Crippen LogP contribution in [0.5, 0.6) is 0 Å². The third-order valence-electron chi connectivity index (χ3n) is 1.88. The summed E-state index contributed by atoms with van der Waals surface area (Å²) in [6, 6.07) is 7.78. The lowest BCUT2D eigenvalue weighted by Crippen LogP contribution is -1.98. The summed E-state index contributed by atoms with van der Waals surface area (Å²) in [6.45, 7) is 1.74. The van der Waals surface area contributed by atoms with Crippen LogP contribution in [0.15, 0.2) is 33.9 Å². The summed E-state index contributed by atoms with van der Waals surface area (Å²) in [7, 11) is 0. The van der Waals surface area contributed by atoms with E-state index in [-0.39, 0.29) is 5.38 Å². The Balaban J connectivity index is 2.70. The van der Waals surface area contributed by atoms with Gasteiger partial charge in [0.05, 0.1) is 11.1 Å². The summed E-state index contributed by atoms with van der Waals surface area (Å²) in [4.78, 5) is 0. The maximum atomic E-state index is 8.50. The molecule has 0 saturated carbocycles. The van der Waals surface area contributed by atoms with E-state index >= 15 is 0 Å². The van der Waals surface area contributed by atoms with Gasteiger partial charge in [0.2, 0.25) is 0 Å². The second-order valence-electron chi connectivity index (χ2n) is 3.06. The van der Waals surface area contributed by atoms with Crippen LogP contribution in [0.1, 0.15) is 24.3 Å². The minimum absolute atomic E-state index is 0.140. The van der Waals surface area contributed by atoms with Crippen molar-refractivity contribution in [3.63, 3.8) is 0 Å². The molecule has 0 heterocycles. The van der Waals surface area contributed by atoms with Crippen LogP contribution in [0.4, 0.5) is 0 Å². The lowest BCUT2D eigenvalue weighted by atomic mass is 10.1. The molecular formula is C10H11BrClNO. The molecule has 4 heteroatoms. The van der Waals surface area contributed by atoms with Gasteiger partial charge in [-0.05, 0) is 24.6 Å². The molecule has 1 atom stereocenters. The van der Waals surface area contributed by atoms with E-state index in [2.05, 4.69) is 21.1 Å². The fraction of sp³-hybridized carbons (Fsp3) is 0.300. The second kappa shape index (κ2) is 5.37. The van der Waals surface area contributed by atoms with Gasteiger partial charge in [0, 0.05) is 10.9 Å². The van der Waals surface area contributed by atoms with Crippen molar-refractivity contribution < 1.29 is 5.21 Å².